The second-order valence-electron chi connectivity index (χ2n) is 9.54. The van der Waals surface area contributed by atoms with Crippen molar-refractivity contribution in [1.82, 2.24) is 24.8 Å². The zero-order valence-electron chi connectivity index (χ0n) is 20.0. The number of likely N-dealkylation sites (tertiary alicyclic amines) is 1. The third-order valence-electron chi connectivity index (χ3n) is 5.97. The number of anilines is 1. The standard InChI is InChI=1S/C23H22ClF5N6O3/c1-22(2,38)6-18(36)34-7-15(26)16(8-34)33-21(37)10-3-11(14(25)5-13(10)24)17-4-12(23(27,28)29)19-20(30)31-9-32-35(17)19/h3-5,9,15-16,38H,6-8H2,1-2H3,(H,33,37)(H2,30,31,32)/t15-,16+/m0/s1. The lowest BCUT2D eigenvalue weighted by atomic mass is 10.1. The van der Waals surface area contributed by atoms with E-state index in [1.807, 2.05) is 0 Å². The highest BCUT2D eigenvalue weighted by atomic mass is 35.5. The van der Waals surface area contributed by atoms with Crippen molar-refractivity contribution < 1.29 is 36.6 Å². The molecule has 204 valence electrons. The number of fused-ring (bicyclic) bond motifs is 1. The van der Waals surface area contributed by atoms with Crippen LogP contribution in [0.15, 0.2) is 24.5 Å². The molecular formula is C23H22ClF5N6O3. The summed E-state index contributed by atoms with van der Waals surface area (Å²) < 4.78 is 71.3. The number of nitrogens with zero attached hydrogens (tertiary/aromatic N) is 4. The summed E-state index contributed by atoms with van der Waals surface area (Å²) in [4.78, 5) is 30.0. The van der Waals surface area contributed by atoms with Crippen LogP contribution in [0.3, 0.4) is 0 Å². The number of aromatic nitrogens is 3. The molecule has 9 nitrogen and oxygen atoms in total. The summed E-state index contributed by atoms with van der Waals surface area (Å²) in [6, 6.07) is 1.14. The van der Waals surface area contributed by atoms with E-state index in [1.165, 1.54) is 13.8 Å². The second kappa shape index (κ2) is 9.66. The molecule has 3 aromatic rings. The number of nitrogens with one attached hydrogen (secondary N) is 1. The van der Waals surface area contributed by atoms with Crippen LogP contribution in [0.4, 0.5) is 27.8 Å². The molecule has 1 fully saturated rings. The van der Waals surface area contributed by atoms with Crippen molar-refractivity contribution in [3.63, 3.8) is 0 Å². The molecule has 1 aliphatic heterocycles. The maximum absolute atomic E-state index is 14.9. The van der Waals surface area contributed by atoms with Gasteiger partial charge in [-0.1, -0.05) is 11.6 Å². The van der Waals surface area contributed by atoms with Crippen LogP contribution in [0.25, 0.3) is 16.8 Å². The summed E-state index contributed by atoms with van der Waals surface area (Å²) in [5.74, 6) is -3.00. The molecule has 2 atom stereocenters. The Labute approximate surface area is 217 Å². The number of carbonyl (C=O) groups is 2. The highest BCUT2D eigenvalue weighted by molar-refractivity contribution is 6.34. The van der Waals surface area contributed by atoms with Crippen molar-refractivity contribution in [3.8, 4) is 11.3 Å². The molecule has 2 aromatic heterocycles. The van der Waals surface area contributed by atoms with Gasteiger partial charge in [0.15, 0.2) is 5.82 Å². The number of nitrogens with two attached hydrogens (primary N) is 1. The molecule has 2 amide bonds. The van der Waals surface area contributed by atoms with E-state index < -0.39 is 64.1 Å². The number of halogens is 6. The molecule has 0 saturated carbocycles. The van der Waals surface area contributed by atoms with Crippen LogP contribution in [-0.4, -0.2) is 67.3 Å². The normalized spacial score (nSPS) is 18.3. The van der Waals surface area contributed by atoms with Crippen molar-refractivity contribution in [1.29, 1.82) is 0 Å². The molecule has 1 saturated heterocycles. The molecule has 3 heterocycles. The van der Waals surface area contributed by atoms with Gasteiger partial charge in [0.2, 0.25) is 5.91 Å². The number of aliphatic hydroxyl groups is 1. The summed E-state index contributed by atoms with van der Waals surface area (Å²) in [6.45, 7) is 2.34. The van der Waals surface area contributed by atoms with Gasteiger partial charge in [0.05, 0.1) is 46.5 Å². The average Bonchev–Trinajstić information content (AvgIpc) is 3.34. The smallest absolute Gasteiger partial charge is 0.390 e. The quantitative estimate of drug-likeness (QED) is 0.411. The SMILES string of the molecule is CC(C)(O)CC(=O)N1C[C@H](F)[C@H](NC(=O)c2cc(-c3cc(C(F)(F)F)c4c(N)ncnn34)c(F)cc2Cl)C1. The summed E-state index contributed by atoms with van der Waals surface area (Å²) in [5.41, 5.74) is 1.33. The van der Waals surface area contributed by atoms with E-state index in [9.17, 15) is 36.6 Å². The number of carbonyl (C=O) groups excluding carboxylic acids is 2. The van der Waals surface area contributed by atoms with Crippen LogP contribution in [0.1, 0.15) is 36.2 Å². The maximum Gasteiger partial charge on any atom is 0.418 e. The zero-order valence-corrected chi connectivity index (χ0v) is 20.7. The Bertz CT molecular complexity index is 1420. The van der Waals surface area contributed by atoms with Gasteiger partial charge in [0, 0.05) is 12.1 Å². The first-order chi connectivity index (χ1) is 17.6. The lowest BCUT2D eigenvalue weighted by molar-refractivity contribution is -0.136. The summed E-state index contributed by atoms with van der Waals surface area (Å²) >= 11 is 6.06. The molecule has 0 aliphatic carbocycles. The number of alkyl halides is 4. The Morgan fingerprint density at radius 2 is 1.92 bits per heavy atom. The van der Waals surface area contributed by atoms with Crippen LogP contribution >= 0.6 is 11.6 Å². The average molecular weight is 561 g/mol. The van der Waals surface area contributed by atoms with Crippen molar-refractivity contribution in [3.05, 3.63) is 46.5 Å². The lowest BCUT2D eigenvalue weighted by Gasteiger charge is -2.22. The van der Waals surface area contributed by atoms with Gasteiger partial charge in [-0.15, -0.1) is 0 Å². The first-order valence-electron chi connectivity index (χ1n) is 11.2. The summed E-state index contributed by atoms with van der Waals surface area (Å²) in [5, 5.41) is 15.6. The fraction of sp³-hybridized carbons (Fsp3) is 0.391. The van der Waals surface area contributed by atoms with Crippen LogP contribution in [0.2, 0.25) is 5.02 Å². The Morgan fingerprint density at radius 3 is 2.55 bits per heavy atom. The molecule has 0 bridgehead atoms. The van der Waals surface area contributed by atoms with Gasteiger partial charge in [-0.2, -0.15) is 18.3 Å². The predicted octanol–water partition coefficient (Wildman–Crippen LogP) is 3.23. The van der Waals surface area contributed by atoms with E-state index in [0.717, 1.165) is 27.9 Å². The van der Waals surface area contributed by atoms with E-state index in [2.05, 4.69) is 15.4 Å². The van der Waals surface area contributed by atoms with Crippen molar-refractivity contribution >= 4 is 34.7 Å². The third kappa shape index (κ3) is 5.36. The largest absolute Gasteiger partial charge is 0.418 e. The molecule has 4 rings (SSSR count). The molecule has 15 heteroatoms. The Morgan fingerprint density at radius 1 is 1.24 bits per heavy atom. The number of rotatable bonds is 5. The summed E-state index contributed by atoms with van der Waals surface area (Å²) in [7, 11) is 0. The maximum atomic E-state index is 14.9. The van der Waals surface area contributed by atoms with Crippen molar-refractivity contribution in [2.75, 3.05) is 18.8 Å². The summed E-state index contributed by atoms with van der Waals surface area (Å²) in [6.07, 6.45) is -5.89. The van der Waals surface area contributed by atoms with Crippen LogP contribution < -0.4 is 11.1 Å². The van der Waals surface area contributed by atoms with Gasteiger partial charge < -0.3 is 21.1 Å². The minimum atomic E-state index is -4.88. The fourth-order valence-electron chi connectivity index (χ4n) is 4.23. The van der Waals surface area contributed by atoms with E-state index in [1.54, 1.807) is 0 Å². The molecule has 4 N–H and O–H groups in total. The number of hydrogen-bond donors (Lipinski definition) is 3. The third-order valence-corrected chi connectivity index (χ3v) is 6.28. The van der Waals surface area contributed by atoms with E-state index in [0.29, 0.717) is 6.07 Å². The molecule has 0 unspecified atom stereocenters. The first kappa shape index (κ1) is 27.5. The van der Waals surface area contributed by atoms with Crippen molar-refractivity contribution in [2.24, 2.45) is 0 Å². The Balaban J connectivity index is 1.66. The van der Waals surface area contributed by atoms with Crippen molar-refractivity contribution in [2.45, 2.75) is 44.3 Å². The number of benzene rings is 1. The lowest BCUT2D eigenvalue weighted by Crippen LogP contribution is -2.42. The van der Waals surface area contributed by atoms with Gasteiger partial charge >= 0.3 is 6.18 Å². The Hall–Kier alpha value is -3.52. The molecule has 1 aliphatic rings. The minimum Gasteiger partial charge on any atom is -0.390 e. The monoisotopic (exact) mass is 560 g/mol. The predicted molar refractivity (Wildman–Crippen MR) is 126 cm³/mol. The van der Waals surface area contributed by atoms with Gasteiger partial charge in [0.25, 0.3) is 5.91 Å². The minimum absolute atomic E-state index is 0.192. The van der Waals surface area contributed by atoms with Gasteiger partial charge in [-0.3, -0.25) is 9.59 Å². The van der Waals surface area contributed by atoms with E-state index in [-0.39, 0.29) is 35.8 Å². The molecular weight excluding hydrogens is 539 g/mol. The highest BCUT2D eigenvalue weighted by Gasteiger charge is 2.39. The molecule has 0 radical (unpaired) electrons. The Kier molecular flexibility index (Phi) is 6.99. The van der Waals surface area contributed by atoms with E-state index in [4.69, 9.17) is 17.3 Å². The van der Waals surface area contributed by atoms with E-state index >= 15 is 0 Å². The zero-order chi connectivity index (χ0) is 28.2. The molecule has 1 aromatic carbocycles. The highest BCUT2D eigenvalue weighted by Crippen LogP contribution is 2.40. The van der Waals surface area contributed by atoms with Gasteiger partial charge in [-0.05, 0) is 32.0 Å². The van der Waals surface area contributed by atoms with Gasteiger partial charge in [-0.25, -0.2) is 18.3 Å². The number of amides is 2. The molecule has 38 heavy (non-hydrogen) atoms. The fourth-order valence-corrected chi connectivity index (χ4v) is 4.46. The van der Waals surface area contributed by atoms with Crippen LogP contribution in [0, 0.1) is 5.82 Å². The topological polar surface area (TPSA) is 126 Å². The van der Waals surface area contributed by atoms with Gasteiger partial charge in [0.1, 0.15) is 23.8 Å². The second-order valence-corrected chi connectivity index (χ2v) is 9.95. The van der Waals surface area contributed by atoms with Crippen LogP contribution in [0.5, 0.6) is 0 Å². The molecule has 0 spiro atoms. The number of hydrogen-bond acceptors (Lipinski definition) is 6. The van der Waals surface area contributed by atoms with Crippen LogP contribution in [-0.2, 0) is 11.0 Å². The first-order valence-corrected chi connectivity index (χ1v) is 11.6. The number of nitrogen functional groups attached to an aromatic ring is 1.